The maximum atomic E-state index is 10.5. The Hall–Kier alpha value is -0.570. The molecule has 10 heavy (non-hydrogen) atoms. The molecule has 0 spiro atoms. The van der Waals surface area contributed by atoms with Crippen molar-refractivity contribution in [2.75, 3.05) is 6.61 Å². The molecule has 0 aromatic rings. The van der Waals surface area contributed by atoms with Gasteiger partial charge in [0, 0.05) is 6.92 Å². The lowest BCUT2D eigenvalue weighted by molar-refractivity contribution is -0.148. The normalized spacial score (nSPS) is 33.1. The molecule has 0 amide bonds. The fourth-order valence-corrected chi connectivity index (χ4v) is 0.722. The zero-order valence-corrected chi connectivity index (χ0v) is 6.51. The molecule has 3 heteroatoms. The van der Waals surface area contributed by atoms with Crippen molar-refractivity contribution in [3.05, 3.63) is 0 Å². The smallest absolute Gasteiger partial charge is 0.302 e. The second-order valence-electron chi connectivity index (χ2n) is 2.85. The van der Waals surface area contributed by atoms with Gasteiger partial charge in [0.05, 0.1) is 6.61 Å². The van der Waals surface area contributed by atoms with E-state index in [1.807, 2.05) is 13.8 Å². The lowest BCUT2D eigenvalue weighted by atomic mass is 10.1. The molecule has 0 N–H and O–H groups in total. The summed E-state index contributed by atoms with van der Waals surface area (Å²) in [5.74, 6) is -0.246. The minimum absolute atomic E-state index is 0.120. The van der Waals surface area contributed by atoms with Crippen molar-refractivity contribution >= 4 is 5.97 Å². The molecule has 0 aliphatic carbocycles. The first-order chi connectivity index (χ1) is 4.54. The lowest BCUT2D eigenvalue weighted by Crippen LogP contribution is -2.28. The fraction of sp³-hybridized carbons (Fsp3) is 0.857. The van der Waals surface area contributed by atoms with Gasteiger partial charge in [0.25, 0.3) is 0 Å². The topological polar surface area (TPSA) is 38.8 Å². The van der Waals surface area contributed by atoms with Crippen molar-refractivity contribution in [1.82, 2.24) is 0 Å². The molecule has 1 heterocycles. The van der Waals surface area contributed by atoms with Crippen LogP contribution in [0.15, 0.2) is 0 Å². The van der Waals surface area contributed by atoms with Crippen LogP contribution in [0.5, 0.6) is 0 Å². The number of epoxide rings is 1. The van der Waals surface area contributed by atoms with E-state index in [2.05, 4.69) is 0 Å². The second-order valence-corrected chi connectivity index (χ2v) is 2.85. The summed E-state index contributed by atoms with van der Waals surface area (Å²) in [5.41, 5.74) is -0.203. The molecule has 1 aliphatic heterocycles. The molecular weight excluding hydrogens is 132 g/mol. The molecule has 0 unspecified atom stereocenters. The third kappa shape index (κ3) is 1.48. The highest BCUT2D eigenvalue weighted by atomic mass is 16.6. The number of hydrogen-bond acceptors (Lipinski definition) is 3. The largest absolute Gasteiger partial charge is 0.460 e. The summed E-state index contributed by atoms with van der Waals surface area (Å²) in [6.45, 7) is 5.87. The van der Waals surface area contributed by atoms with E-state index in [-0.39, 0.29) is 17.7 Å². The molecule has 1 rings (SSSR count). The van der Waals surface area contributed by atoms with E-state index in [9.17, 15) is 4.79 Å². The predicted octanol–water partition coefficient (Wildman–Crippen LogP) is 0.727. The first kappa shape index (κ1) is 7.54. The number of hydrogen-bond donors (Lipinski definition) is 0. The highest BCUT2D eigenvalue weighted by Gasteiger charge is 2.46. The van der Waals surface area contributed by atoms with Gasteiger partial charge < -0.3 is 9.47 Å². The molecule has 0 bridgehead atoms. The molecule has 58 valence electrons. The van der Waals surface area contributed by atoms with E-state index >= 15 is 0 Å². The molecule has 1 fully saturated rings. The van der Waals surface area contributed by atoms with Crippen molar-refractivity contribution in [3.8, 4) is 0 Å². The van der Waals surface area contributed by atoms with Crippen LogP contribution >= 0.6 is 0 Å². The van der Waals surface area contributed by atoms with Gasteiger partial charge in [0.2, 0.25) is 0 Å². The Bertz CT molecular complexity index is 149. The third-order valence-electron chi connectivity index (χ3n) is 1.80. The van der Waals surface area contributed by atoms with Crippen LogP contribution in [0, 0.1) is 0 Å². The molecule has 1 saturated heterocycles. The highest BCUT2D eigenvalue weighted by Crippen LogP contribution is 2.31. The van der Waals surface area contributed by atoms with Gasteiger partial charge in [-0.3, -0.25) is 4.79 Å². The van der Waals surface area contributed by atoms with Crippen molar-refractivity contribution in [2.24, 2.45) is 0 Å². The first-order valence-electron chi connectivity index (χ1n) is 3.36. The van der Waals surface area contributed by atoms with E-state index in [1.165, 1.54) is 6.92 Å². The molecule has 1 aliphatic rings. The van der Waals surface area contributed by atoms with Gasteiger partial charge in [-0.1, -0.05) is 0 Å². The van der Waals surface area contributed by atoms with E-state index in [0.29, 0.717) is 6.61 Å². The van der Waals surface area contributed by atoms with E-state index in [0.717, 1.165) is 0 Å². The van der Waals surface area contributed by atoms with E-state index < -0.39 is 0 Å². The van der Waals surface area contributed by atoms with Crippen LogP contribution in [0.1, 0.15) is 20.8 Å². The Morgan fingerprint density at radius 3 is 2.60 bits per heavy atom. The summed E-state index contributed by atoms with van der Waals surface area (Å²) >= 11 is 0. The molecule has 0 radical (unpaired) electrons. The summed E-state index contributed by atoms with van der Waals surface area (Å²) in [6, 6.07) is 0. The summed E-state index contributed by atoms with van der Waals surface area (Å²) in [6.07, 6.45) is -0.120. The number of carbonyl (C=O) groups excluding carboxylic acids is 1. The minimum Gasteiger partial charge on any atom is -0.460 e. The summed E-state index contributed by atoms with van der Waals surface area (Å²) < 4.78 is 9.99. The summed E-state index contributed by atoms with van der Waals surface area (Å²) in [4.78, 5) is 10.5. The average Bonchev–Trinajstić information content (AvgIpc) is 2.47. The van der Waals surface area contributed by atoms with Crippen LogP contribution in [-0.2, 0) is 14.3 Å². The maximum Gasteiger partial charge on any atom is 0.302 e. The highest BCUT2D eigenvalue weighted by molar-refractivity contribution is 5.66. The third-order valence-corrected chi connectivity index (χ3v) is 1.80. The van der Waals surface area contributed by atoms with Crippen molar-refractivity contribution < 1.29 is 14.3 Å². The number of ether oxygens (including phenoxy) is 2. The van der Waals surface area contributed by atoms with Gasteiger partial charge in [-0.05, 0) is 13.8 Å². The zero-order chi connectivity index (χ0) is 7.78. The van der Waals surface area contributed by atoms with Gasteiger partial charge >= 0.3 is 5.97 Å². The van der Waals surface area contributed by atoms with Crippen LogP contribution in [0.3, 0.4) is 0 Å². The summed E-state index contributed by atoms with van der Waals surface area (Å²) in [5, 5.41) is 0. The molecule has 0 aromatic carbocycles. The minimum atomic E-state index is -0.246. The average molecular weight is 144 g/mol. The number of carbonyl (C=O) groups is 1. The van der Waals surface area contributed by atoms with Gasteiger partial charge in [0.15, 0.2) is 0 Å². The molecule has 0 saturated carbocycles. The Kier molecular flexibility index (Phi) is 1.68. The monoisotopic (exact) mass is 144 g/mol. The number of rotatable bonds is 2. The SMILES string of the molecule is CC(=O)O[C@H](C)[C@]1(C)CO1. The van der Waals surface area contributed by atoms with Crippen LogP contribution in [0.4, 0.5) is 0 Å². The molecule has 2 atom stereocenters. The van der Waals surface area contributed by atoms with Gasteiger partial charge in [-0.15, -0.1) is 0 Å². The molecule has 0 aromatic heterocycles. The standard InChI is InChI=1S/C7H12O3/c1-5(10-6(2)8)7(3)4-9-7/h5H,4H2,1-3H3/t5-,7+/m1/s1. The Labute approximate surface area is 60.3 Å². The van der Waals surface area contributed by atoms with E-state index in [4.69, 9.17) is 9.47 Å². The molecular formula is C7H12O3. The van der Waals surface area contributed by atoms with Crippen molar-refractivity contribution in [3.63, 3.8) is 0 Å². The van der Waals surface area contributed by atoms with Crippen LogP contribution in [0.2, 0.25) is 0 Å². The second kappa shape index (κ2) is 2.23. The van der Waals surface area contributed by atoms with Crippen LogP contribution in [-0.4, -0.2) is 24.3 Å². The predicted molar refractivity (Wildman–Crippen MR) is 35.6 cm³/mol. The Morgan fingerprint density at radius 2 is 2.30 bits per heavy atom. The van der Waals surface area contributed by atoms with Gasteiger partial charge in [-0.2, -0.15) is 0 Å². The zero-order valence-electron chi connectivity index (χ0n) is 6.51. The van der Waals surface area contributed by atoms with Crippen LogP contribution in [0.25, 0.3) is 0 Å². The number of esters is 1. The van der Waals surface area contributed by atoms with E-state index in [1.54, 1.807) is 0 Å². The van der Waals surface area contributed by atoms with Crippen molar-refractivity contribution in [1.29, 1.82) is 0 Å². The van der Waals surface area contributed by atoms with Crippen molar-refractivity contribution in [2.45, 2.75) is 32.5 Å². The lowest BCUT2D eigenvalue weighted by Gasteiger charge is -2.14. The van der Waals surface area contributed by atoms with Crippen LogP contribution < -0.4 is 0 Å². The molecule has 3 nitrogen and oxygen atoms in total. The maximum absolute atomic E-state index is 10.5. The summed E-state index contributed by atoms with van der Waals surface area (Å²) in [7, 11) is 0. The first-order valence-corrected chi connectivity index (χ1v) is 3.36. The Balaban J connectivity index is 2.34. The van der Waals surface area contributed by atoms with Gasteiger partial charge in [-0.25, -0.2) is 0 Å². The fourth-order valence-electron chi connectivity index (χ4n) is 0.722. The van der Waals surface area contributed by atoms with Gasteiger partial charge in [0.1, 0.15) is 11.7 Å². The Morgan fingerprint density at radius 1 is 1.80 bits per heavy atom. The quantitative estimate of drug-likeness (QED) is 0.423.